The number of nitrogens with zero attached hydrogens (tertiary/aromatic N) is 1. The van der Waals surface area contributed by atoms with E-state index in [1.54, 1.807) is 37.3 Å². The number of carbonyl (C=O) groups is 1. The molecule has 0 fully saturated rings. The van der Waals surface area contributed by atoms with Crippen LogP contribution in [-0.2, 0) is 9.53 Å². The van der Waals surface area contributed by atoms with Gasteiger partial charge in [-0.25, -0.2) is 13.8 Å². The highest BCUT2D eigenvalue weighted by Crippen LogP contribution is 2.36. The van der Waals surface area contributed by atoms with Crippen LogP contribution < -0.4 is 15.7 Å². The maximum atomic E-state index is 14.6. The van der Waals surface area contributed by atoms with Crippen molar-refractivity contribution in [3.8, 4) is 22.9 Å². The number of aromatic amines is 1. The third-order valence-electron chi connectivity index (χ3n) is 6.28. The quantitative estimate of drug-likeness (QED) is 0.144. The second-order valence-electron chi connectivity index (χ2n) is 8.83. The summed E-state index contributed by atoms with van der Waals surface area (Å²) in [5, 5.41) is 13.8. The summed E-state index contributed by atoms with van der Waals surface area (Å²) < 4.78 is 27.2. The van der Waals surface area contributed by atoms with Gasteiger partial charge in [-0.2, -0.15) is 0 Å². The van der Waals surface area contributed by atoms with Gasteiger partial charge in [0.1, 0.15) is 29.9 Å². The highest BCUT2D eigenvalue weighted by atomic mass is 127. The summed E-state index contributed by atoms with van der Waals surface area (Å²) in [5.74, 6) is -1.60. The van der Waals surface area contributed by atoms with Crippen molar-refractivity contribution in [3.05, 3.63) is 98.2 Å². The van der Waals surface area contributed by atoms with Crippen molar-refractivity contribution in [2.45, 2.75) is 25.8 Å². The zero-order valence-electron chi connectivity index (χ0n) is 21.5. The van der Waals surface area contributed by atoms with Gasteiger partial charge in [-0.1, -0.05) is 37.3 Å². The Kier molecular flexibility index (Phi) is 9.41. The van der Waals surface area contributed by atoms with E-state index in [1.807, 2.05) is 59.8 Å². The van der Waals surface area contributed by atoms with E-state index < -0.39 is 35.3 Å². The number of hydrogen-bond donors (Lipinski definition) is 3. The molecule has 8 nitrogen and oxygen atoms in total. The molecule has 39 heavy (non-hydrogen) atoms. The van der Waals surface area contributed by atoms with Gasteiger partial charge in [-0.15, -0.1) is 0 Å². The van der Waals surface area contributed by atoms with Crippen molar-refractivity contribution >= 4 is 34.2 Å². The van der Waals surface area contributed by atoms with Gasteiger partial charge in [0.15, 0.2) is 0 Å². The predicted molar refractivity (Wildman–Crippen MR) is 156 cm³/mol. The first-order valence-electron chi connectivity index (χ1n) is 12.5. The summed E-state index contributed by atoms with van der Waals surface area (Å²) in [6.07, 6.45) is 0. The predicted octanol–water partition coefficient (Wildman–Crippen LogP) is 5.69. The molecule has 3 aromatic carbocycles. The van der Waals surface area contributed by atoms with Crippen molar-refractivity contribution in [2.24, 2.45) is 0 Å². The van der Waals surface area contributed by atoms with Crippen LogP contribution in [0.3, 0.4) is 0 Å². The minimum atomic E-state index is -1.19. The average molecular weight is 645 g/mol. The zero-order chi connectivity index (χ0) is 27.9. The molecule has 1 amide bonds. The first kappa shape index (κ1) is 28.4. The Hall–Kier alpha value is -3.64. The fourth-order valence-electron chi connectivity index (χ4n) is 4.28. The lowest BCUT2D eigenvalue weighted by molar-refractivity contribution is -0.120. The van der Waals surface area contributed by atoms with Crippen LogP contribution in [0.5, 0.6) is 11.6 Å². The Morgan fingerprint density at radius 2 is 1.82 bits per heavy atom. The third-order valence-corrected chi connectivity index (χ3v) is 6.95. The van der Waals surface area contributed by atoms with E-state index in [1.165, 1.54) is 12.1 Å². The van der Waals surface area contributed by atoms with Crippen molar-refractivity contribution in [3.63, 3.8) is 0 Å². The van der Waals surface area contributed by atoms with Gasteiger partial charge < -0.3 is 24.9 Å². The number of carbonyl (C=O) groups excluding carboxylic acids is 1. The molecule has 0 bridgehead atoms. The summed E-state index contributed by atoms with van der Waals surface area (Å²) in [4.78, 5) is 29.5. The van der Waals surface area contributed by atoms with Gasteiger partial charge in [0.05, 0.1) is 12.3 Å². The van der Waals surface area contributed by atoms with E-state index in [9.17, 15) is 19.1 Å². The monoisotopic (exact) mass is 645 g/mol. The highest BCUT2D eigenvalue weighted by Gasteiger charge is 2.33. The number of anilines is 1. The number of amides is 1. The van der Waals surface area contributed by atoms with Crippen LogP contribution in [-0.4, -0.2) is 40.4 Å². The zero-order valence-corrected chi connectivity index (χ0v) is 23.6. The number of rotatable bonds is 11. The van der Waals surface area contributed by atoms with Crippen molar-refractivity contribution in [1.29, 1.82) is 0 Å². The molecule has 4 rings (SSSR count). The van der Waals surface area contributed by atoms with Crippen LogP contribution >= 0.6 is 22.6 Å². The first-order chi connectivity index (χ1) is 18.8. The summed E-state index contributed by atoms with van der Waals surface area (Å²) >= 11 is 1.98. The number of nitrogens with one attached hydrogen (secondary N) is 2. The van der Waals surface area contributed by atoms with Gasteiger partial charge in [0.25, 0.3) is 0 Å². The number of imidazole rings is 1. The number of benzene rings is 3. The first-order valence-corrected chi connectivity index (χ1v) is 13.5. The van der Waals surface area contributed by atoms with Crippen molar-refractivity contribution in [2.75, 3.05) is 25.1 Å². The third kappa shape index (κ3) is 6.69. The minimum absolute atomic E-state index is 0.0195. The van der Waals surface area contributed by atoms with Crippen molar-refractivity contribution < 1.29 is 23.8 Å². The molecule has 1 aromatic heterocycles. The van der Waals surface area contributed by atoms with Gasteiger partial charge in [-0.3, -0.25) is 4.79 Å². The molecular formula is C29H29FIN3O5. The van der Waals surface area contributed by atoms with E-state index in [4.69, 9.17) is 9.47 Å². The van der Waals surface area contributed by atoms with Crippen LogP contribution in [0, 0.1) is 9.39 Å². The lowest BCUT2D eigenvalue weighted by atomic mass is 9.92. The second kappa shape index (κ2) is 12.9. The molecule has 3 N–H and O–H groups in total. The number of aromatic nitrogens is 2. The van der Waals surface area contributed by atoms with Gasteiger partial charge in [-0.05, 0) is 77.5 Å². The normalized spacial score (nSPS) is 12.6. The number of halogens is 2. The van der Waals surface area contributed by atoms with Gasteiger partial charge >= 0.3 is 5.69 Å². The van der Waals surface area contributed by atoms with E-state index in [0.717, 1.165) is 10.1 Å². The molecule has 2 atom stereocenters. The number of hydrogen-bond acceptors (Lipinski definition) is 5. The molecule has 0 radical (unpaired) electrons. The molecule has 4 aromatic rings. The lowest BCUT2D eigenvalue weighted by Gasteiger charge is -2.25. The molecule has 204 valence electrons. The van der Waals surface area contributed by atoms with Gasteiger partial charge in [0, 0.05) is 21.7 Å². The topological polar surface area (TPSA) is 106 Å². The fourth-order valence-corrected chi connectivity index (χ4v) is 4.74. The number of H-pyrrole nitrogens is 1. The second-order valence-corrected chi connectivity index (χ2v) is 10.1. The molecule has 0 aliphatic rings. The van der Waals surface area contributed by atoms with E-state index in [2.05, 4.69) is 10.3 Å². The highest BCUT2D eigenvalue weighted by molar-refractivity contribution is 14.1. The summed E-state index contributed by atoms with van der Waals surface area (Å²) in [6.45, 7) is 5.14. The molecular weight excluding hydrogens is 616 g/mol. The lowest BCUT2D eigenvalue weighted by Crippen LogP contribution is -2.35. The van der Waals surface area contributed by atoms with Crippen LogP contribution in [0.4, 0.5) is 10.1 Å². The summed E-state index contributed by atoms with van der Waals surface area (Å²) in [5.41, 5.74) is 0.748. The minimum Gasteiger partial charge on any atom is -0.493 e. The van der Waals surface area contributed by atoms with Crippen LogP contribution in [0.2, 0.25) is 0 Å². The molecule has 0 aliphatic carbocycles. The van der Waals surface area contributed by atoms with Crippen LogP contribution in [0.15, 0.2) is 77.6 Å². The summed E-state index contributed by atoms with van der Waals surface area (Å²) in [7, 11) is 0. The largest absolute Gasteiger partial charge is 0.493 e. The molecule has 0 aliphatic heterocycles. The Labute approximate surface area is 238 Å². The standard InChI is InChI=1S/C29H29FIN3O5/c1-3-38-15-16-39-22-12-9-20(10-13-22)25-28(36)34(29(37)33-25)26(18(2)19-7-5-4-6-8-19)27(35)32-24-14-11-21(31)17-23(24)30/h4-14,17-18,26,36H,3,15-16H2,1-2H3,(H,32,35)(H,33,37)/t18-,26-/m0/s1. The Morgan fingerprint density at radius 3 is 2.49 bits per heavy atom. The Balaban J connectivity index is 1.68. The van der Waals surface area contributed by atoms with E-state index >= 15 is 0 Å². The van der Waals surface area contributed by atoms with Crippen molar-refractivity contribution in [1.82, 2.24) is 9.55 Å². The van der Waals surface area contributed by atoms with E-state index in [0.29, 0.717) is 34.7 Å². The SMILES string of the molecule is CCOCCOc1ccc(-c2[nH]c(=O)n([C@H](C(=O)Nc3ccc(I)cc3F)[C@@H](C)c3ccccc3)c2O)cc1. The molecule has 0 saturated carbocycles. The number of ether oxygens (including phenoxy) is 2. The molecule has 0 saturated heterocycles. The fraction of sp³-hybridized carbons (Fsp3) is 0.241. The molecule has 0 spiro atoms. The molecule has 10 heteroatoms. The van der Waals surface area contributed by atoms with Crippen LogP contribution in [0.25, 0.3) is 11.3 Å². The average Bonchev–Trinajstić information content (AvgIpc) is 3.22. The Bertz CT molecular complexity index is 1470. The van der Waals surface area contributed by atoms with Crippen LogP contribution in [0.1, 0.15) is 31.4 Å². The maximum Gasteiger partial charge on any atom is 0.329 e. The number of aromatic hydroxyl groups is 1. The summed E-state index contributed by atoms with van der Waals surface area (Å²) in [6, 6.07) is 19.2. The molecule has 0 unspecified atom stereocenters. The molecule has 1 heterocycles. The van der Waals surface area contributed by atoms with E-state index in [-0.39, 0.29) is 11.4 Å². The maximum absolute atomic E-state index is 14.6. The van der Waals surface area contributed by atoms with Gasteiger partial charge in [0.2, 0.25) is 11.8 Å². The Morgan fingerprint density at radius 1 is 1.10 bits per heavy atom. The smallest absolute Gasteiger partial charge is 0.329 e.